The van der Waals surface area contributed by atoms with Crippen molar-refractivity contribution in [3.63, 3.8) is 0 Å². The Hall–Kier alpha value is -1.17. The molecule has 2 heterocycles. The van der Waals surface area contributed by atoms with Crippen LogP contribution >= 0.6 is 11.8 Å². The minimum absolute atomic E-state index is 0.234. The molecule has 1 aromatic heterocycles. The van der Waals surface area contributed by atoms with Gasteiger partial charge >= 0.3 is 5.97 Å². The zero-order valence-corrected chi connectivity index (χ0v) is 10.7. The number of nitrogen functional groups attached to an aromatic ring is 1. The van der Waals surface area contributed by atoms with E-state index in [-0.39, 0.29) is 5.69 Å². The monoisotopic (exact) mass is 255 g/mol. The molecule has 0 saturated carbocycles. The first-order valence-corrected chi connectivity index (χ1v) is 6.93. The molecule has 0 aromatic carbocycles. The van der Waals surface area contributed by atoms with Crippen molar-refractivity contribution in [1.82, 2.24) is 9.55 Å². The maximum atomic E-state index is 11.5. The highest BCUT2D eigenvalue weighted by Crippen LogP contribution is 2.26. The number of carbonyl (C=O) groups excluding carboxylic acids is 1. The molecule has 1 saturated heterocycles. The van der Waals surface area contributed by atoms with Crippen LogP contribution < -0.4 is 5.73 Å². The molecule has 94 valence electrons. The molecule has 1 atom stereocenters. The lowest BCUT2D eigenvalue weighted by Crippen LogP contribution is -2.13. The molecule has 0 spiro atoms. The Labute approximate surface area is 105 Å². The lowest BCUT2D eigenvalue weighted by atomic mass is 10.1. The Bertz CT molecular complexity index is 399. The molecule has 1 unspecified atom stereocenters. The normalized spacial score (nSPS) is 19.5. The molecule has 1 aromatic rings. The Morgan fingerprint density at radius 3 is 3.24 bits per heavy atom. The smallest absolute Gasteiger partial charge is 0.360 e. The van der Waals surface area contributed by atoms with Gasteiger partial charge in [0.25, 0.3) is 0 Å². The number of nitrogens with zero attached hydrogens (tertiary/aromatic N) is 2. The number of aromatic nitrogens is 2. The predicted molar refractivity (Wildman–Crippen MR) is 68.0 cm³/mol. The molecule has 0 aliphatic carbocycles. The summed E-state index contributed by atoms with van der Waals surface area (Å²) in [6.45, 7) is 2.94. The zero-order valence-electron chi connectivity index (χ0n) is 9.89. The molecule has 1 fully saturated rings. The fraction of sp³-hybridized carbons (Fsp3) is 0.636. The van der Waals surface area contributed by atoms with Gasteiger partial charge in [-0.2, -0.15) is 11.8 Å². The summed E-state index contributed by atoms with van der Waals surface area (Å²) >= 11 is 1.96. The summed E-state index contributed by atoms with van der Waals surface area (Å²) in [6, 6.07) is 0. The number of hydrogen-bond acceptors (Lipinski definition) is 5. The Morgan fingerprint density at radius 2 is 2.59 bits per heavy atom. The number of carbonyl (C=O) groups is 1. The lowest BCUT2D eigenvalue weighted by molar-refractivity contribution is 0.0521. The van der Waals surface area contributed by atoms with Gasteiger partial charge in [-0.1, -0.05) is 0 Å². The molecule has 0 amide bonds. The van der Waals surface area contributed by atoms with Gasteiger partial charge in [0.1, 0.15) is 5.82 Å². The molecular weight excluding hydrogens is 238 g/mol. The summed E-state index contributed by atoms with van der Waals surface area (Å²) in [4.78, 5) is 15.6. The van der Waals surface area contributed by atoms with E-state index < -0.39 is 5.97 Å². The number of hydrogen-bond donors (Lipinski definition) is 1. The maximum Gasteiger partial charge on any atom is 0.360 e. The standard InChI is InChI=1S/C11H17N3O2S/c1-2-16-11(15)9-10(12)14(7-13-9)5-8-3-4-17-6-8/h7-8H,2-6,12H2,1H3. The van der Waals surface area contributed by atoms with Crippen LogP contribution in [-0.2, 0) is 11.3 Å². The quantitative estimate of drug-likeness (QED) is 0.823. The topological polar surface area (TPSA) is 70.1 Å². The van der Waals surface area contributed by atoms with Crippen LogP contribution in [0.25, 0.3) is 0 Å². The predicted octanol–water partition coefficient (Wildman–Crippen LogP) is 1.40. The fourth-order valence-electron chi connectivity index (χ4n) is 1.90. The van der Waals surface area contributed by atoms with Crippen molar-refractivity contribution in [2.75, 3.05) is 23.8 Å². The number of thioether (sulfide) groups is 1. The fourth-order valence-corrected chi connectivity index (χ4v) is 3.17. The second-order valence-corrected chi connectivity index (χ2v) is 5.23. The Morgan fingerprint density at radius 1 is 1.76 bits per heavy atom. The van der Waals surface area contributed by atoms with Gasteiger partial charge in [-0.3, -0.25) is 0 Å². The molecule has 5 nitrogen and oxygen atoms in total. The van der Waals surface area contributed by atoms with Crippen molar-refractivity contribution in [3.05, 3.63) is 12.0 Å². The number of ether oxygens (including phenoxy) is 1. The van der Waals surface area contributed by atoms with E-state index in [1.807, 2.05) is 16.3 Å². The van der Waals surface area contributed by atoms with E-state index in [1.54, 1.807) is 13.3 Å². The van der Waals surface area contributed by atoms with Crippen LogP contribution in [0.2, 0.25) is 0 Å². The van der Waals surface area contributed by atoms with E-state index >= 15 is 0 Å². The third-order valence-electron chi connectivity index (χ3n) is 2.83. The largest absolute Gasteiger partial charge is 0.461 e. The number of rotatable bonds is 4. The number of esters is 1. The molecular formula is C11H17N3O2S. The third-order valence-corrected chi connectivity index (χ3v) is 4.06. The van der Waals surface area contributed by atoms with Crippen molar-refractivity contribution in [2.45, 2.75) is 19.9 Å². The molecule has 2 N–H and O–H groups in total. The van der Waals surface area contributed by atoms with Crippen LogP contribution in [-0.4, -0.2) is 33.6 Å². The molecule has 1 aliphatic heterocycles. The van der Waals surface area contributed by atoms with Crippen LogP contribution in [0.15, 0.2) is 6.33 Å². The van der Waals surface area contributed by atoms with Gasteiger partial charge in [-0.05, 0) is 30.8 Å². The SMILES string of the molecule is CCOC(=O)c1ncn(CC2CCSC2)c1N. The number of imidazole rings is 1. The van der Waals surface area contributed by atoms with Crippen LogP contribution in [0.3, 0.4) is 0 Å². The van der Waals surface area contributed by atoms with Gasteiger partial charge < -0.3 is 15.0 Å². The van der Waals surface area contributed by atoms with E-state index in [9.17, 15) is 4.79 Å². The van der Waals surface area contributed by atoms with Gasteiger partial charge in [0.15, 0.2) is 5.69 Å². The molecule has 6 heteroatoms. The van der Waals surface area contributed by atoms with Crippen molar-refractivity contribution < 1.29 is 9.53 Å². The summed E-state index contributed by atoms with van der Waals surface area (Å²) < 4.78 is 6.74. The molecule has 17 heavy (non-hydrogen) atoms. The number of anilines is 1. The van der Waals surface area contributed by atoms with E-state index in [1.165, 1.54) is 12.2 Å². The Kier molecular flexibility index (Phi) is 3.93. The molecule has 0 radical (unpaired) electrons. The minimum Gasteiger partial charge on any atom is -0.461 e. The highest BCUT2D eigenvalue weighted by atomic mass is 32.2. The second-order valence-electron chi connectivity index (χ2n) is 4.08. The van der Waals surface area contributed by atoms with Crippen molar-refractivity contribution in [3.8, 4) is 0 Å². The first-order valence-electron chi connectivity index (χ1n) is 5.77. The van der Waals surface area contributed by atoms with Gasteiger partial charge in [0, 0.05) is 6.54 Å². The maximum absolute atomic E-state index is 11.5. The van der Waals surface area contributed by atoms with Crippen LogP contribution in [0.1, 0.15) is 23.8 Å². The first kappa shape index (κ1) is 12.3. The van der Waals surface area contributed by atoms with E-state index in [0.29, 0.717) is 18.3 Å². The van der Waals surface area contributed by atoms with E-state index in [4.69, 9.17) is 10.5 Å². The number of nitrogens with two attached hydrogens (primary N) is 1. The van der Waals surface area contributed by atoms with Gasteiger partial charge in [-0.25, -0.2) is 9.78 Å². The van der Waals surface area contributed by atoms with E-state index in [2.05, 4.69) is 4.98 Å². The molecule has 2 rings (SSSR count). The molecule has 0 bridgehead atoms. The van der Waals surface area contributed by atoms with Crippen molar-refractivity contribution in [2.24, 2.45) is 5.92 Å². The second kappa shape index (κ2) is 5.44. The van der Waals surface area contributed by atoms with Crippen LogP contribution in [0.5, 0.6) is 0 Å². The Balaban J connectivity index is 2.06. The zero-order chi connectivity index (χ0) is 12.3. The average molecular weight is 255 g/mol. The van der Waals surface area contributed by atoms with Gasteiger partial charge in [0.2, 0.25) is 0 Å². The summed E-state index contributed by atoms with van der Waals surface area (Å²) in [5.41, 5.74) is 6.14. The first-order chi connectivity index (χ1) is 8.22. The summed E-state index contributed by atoms with van der Waals surface area (Å²) in [7, 11) is 0. The third kappa shape index (κ3) is 2.74. The molecule has 1 aliphatic rings. The van der Waals surface area contributed by atoms with E-state index in [0.717, 1.165) is 12.3 Å². The van der Waals surface area contributed by atoms with Crippen molar-refractivity contribution >= 4 is 23.5 Å². The summed E-state index contributed by atoms with van der Waals surface area (Å²) in [5, 5.41) is 0. The summed E-state index contributed by atoms with van der Waals surface area (Å²) in [5.74, 6) is 2.98. The van der Waals surface area contributed by atoms with Crippen molar-refractivity contribution in [1.29, 1.82) is 0 Å². The van der Waals surface area contributed by atoms with Crippen LogP contribution in [0, 0.1) is 5.92 Å². The van der Waals surface area contributed by atoms with Crippen LogP contribution in [0.4, 0.5) is 5.82 Å². The summed E-state index contributed by atoms with van der Waals surface area (Å²) in [6.07, 6.45) is 2.83. The minimum atomic E-state index is -0.440. The van der Waals surface area contributed by atoms with Gasteiger partial charge in [0.05, 0.1) is 12.9 Å². The van der Waals surface area contributed by atoms with Gasteiger partial charge in [-0.15, -0.1) is 0 Å². The highest BCUT2D eigenvalue weighted by molar-refractivity contribution is 7.99. The average Bonchev–Trinajstić information content (AvgIpc) is 2.91. The lowest BCUT2D eigenvalue weighted by Gasteiger charge is -2.10. The highest BCUT2D eigenvalue weighted by Gasteiger charge is 2.20.